The summed E-state index contributed by atoms with van der Waals surface area (Å²) in [6, 6.07) is 27.3. The summed E-state index contributed by atoms with van der Waals surface area (Å²) in [6.07, 6.45) is -0.134. The van der Waals surface area contributed by atoms with Gasteiger partial charge in [0.2, 0.25) is 5.91 Å². The van der Waals surface area contributed by atoms with E-state index in [2.05, 4.69) is 5.32 Å². The van der Waals surface area contributed by atoms with Crippen molar-refractivity contribution in [1.82, 2.24) is 10.2 Å². The lowest BCUT2D eigenvalue weighted by Crippen LogP contribution is -2.46. The zero-order valence-corrected chi connectivity index (χ0v) is 16.7. The van der Waals surface area contributed by atoms with Crippen molar-refractivity contribution in [2.45, 2.75) is 6.10 Å². The Kier molecular flexibility index (Phi) is 6.20. The first-order valence-electron chi connectivity index (χ1n) is 10.1. The number of nitrogens with zero attached hydrogens (tertiary/aromatic N) is 1. The first kappa shape index (κ1) is 19.9. The highest BCUT2D eigenvalue weighted by Crippen LogP contribution is 2.22. The Hall–Kier alpha value is -3.44. The highest BCUT2D eigenvalue weighted by atomic mass is 16.5. The molecule has 1 saturated heterocycles. The molecule has 0 unspecified atom stereocenters. The van der Waals surface area contributed by atoms with Gasteiger partial charge in [0.15, 0.2) is 0 Å². The summed E-state index contributed by atoms with van der Waals surface area (Å²) in [4.78, 5) is 26.8. The van der Waals surface area contributed by atoms with Crippen molar-refractivity contribution >= 4 is 11.8 Å². The number of hydrogen-bond acceptors (Lipinski definition) is 3. The van der Waals surface area contributed by atoms with Crippen LogP contribution in [-0.2, 0) is 9.53 Å². The summed E-state index contributed by atoms with van der Waals surface area (Å²) in [6.45, 7) is 1.48. The van der Waals surface area contributed by atoms with Crippen molar-refractivity contribution in [2.75, 3.05) is 26.2 Å². The van der Waals surface area contributed by atoms with Crippen molar-refractivity contribution in [3.63, 3.8) is 0 Å². The number of carbonyl (C=O) groups excluding carboxylic acids is 2. The maximum Gasteiger partial charge on any atom is 0.251 e. The summed E-state index contributed by atoms with van der Waals surface area (Å²) in [7, 11) is 0. The predicted octanol–water partition coefficient (Wildman–Crippen LogP) is 3.68. The second-order valence-electron chi connectivity index (χ2n) is 7.24. The molecule has 1 N–H and O–H groups in total. The summed E-state index contributed by atoms with van der Waals surface area (Å²) >= 11 is 0. The number of ether oxygens (including phenoxy) is 1. The van der Waals surface area contributed by atoms with E-state index < -0.39 is 0 Å². The third-order valence-electron chi connectivity index (χ3n) is 5.24. The molecule has 0 aliphatic carbocycles. The summed E-state index contributed by atoms with van der Waals surface area (Å²) < 4.78 is 5.81. The molecule has 3 aromatic rings. The second kappa shape index (κ2) is 9.37. The van der Waals surface area contributed by atoms with Crippen molar-refractivity contribution in [3.8, 4) is 11.1 Å². The van der Waals surface area contributed by atoms with Gasteiger partial charge in [0.25, 0.3) is 5.91 Å². The zero-order chi connectivity index (χ0) is 20.8. The van der Waals surface area contributed by atoms with Gasteiger partial charge in [-0.05, 0) is 28.8 Å². The molecule has 0 aromatic heterocycles. The Labute approximate surface area is 176 Å². The molecule has 5 nitrogen and oxygen atoms in total. The molecule has 1 aliphatic rings. The van der Waals surface area contributed by atoms with E-state index in [9.17, 15) is 9.59 Å². The van der Waals surface area contributed by atoms with Crippen molar-refractivity contribution in [2.24, 2.45) is 0 Å². The predicted molar refractivity (Wildman–Crippen MR) is 116 cm³/mol. The standard InChI is InChI=1S/C25H24N2O3/c28-24(27-15-16-30-23(18-27)21-9-5-2-6-10-21)17-26-25(29)22-13-11-20(12-14-22)19-7-3-1-4-8-19/h1-14,23H,15-18H2,(H,26,29)/t23-/m1/s1. The fourth-order valence-electron chi connectivity index (χ4n) is 3.56. The van der Waals surface area contributed by atoms with Crippen molar-refractivity contribution < 1.29 is 14.3 Å². The molecule has 3 aromatic carbocycles. The molecule has 2 amide bonds. The molecule has 4 rings (SSSR count). The SMILES string of the molecule is O=C(NCC(=O)N1CCO[C@@H](c2ccccc2)C1)c1ccc(-c2ccccc2)cc1. The van der Waals surface area contributed by atoms with Crippen LogP contribution in [0.25, 0.3) is 11.1 Å². The van der Waals surface area contributed by atoms with Crippen LogP contribution in [-0.4, -0.2) is 43.0 Å². The van der Waals surface area contributed by atoms with E-state index in [-0.39, 0.29) is 24.5 Å². The number of hydrogen-bond donors (Lipinski definition) is 1. The van der Waals surface area contributed by atoms with Crippen LogP contribution in [0, 0.1) is 0 Å². The summed E-state index contributed by atoms with van der Waals surface area (Å²) in [5, 5.41) is 2.74. The molecule has 152 valence electrons. The van der Waals surface area contributed by atoms with Gasteiger partial charge in [0.1, 0.15) is 6.10 Å². The van der Waals surface area contributed by atoms with Crippen LogP contribution in [0.15, 0.2) is 84.9 Å². The minimum Gasteiger partial charge on any atom is -0.370 e. The van der Waals surface area contributed by atoms with Gasteiger partial charge in [-0.1, -0.05) is 72.8 Å². The lowest BCUT2D eigenvalue weighted by molar-refractivity contribution is -0.137. The number of benzene rings is 3. The van der Waals surface area contributed by atoms with Crippen LogP contribution in [0.2, 0.25) is 0 Å². The Balaban J connectivity index is 1.31. The van der Waals surface area contributed by atoms with Crippen LogP contribution in [0.3, 0.4) is 0 Å². The third-order valence-corrected chi connectivity index (χ3v) is 5.24. The van der Waals surface area contributed by atoms with Gasteiger partial charge in [0, 0.05) is 12.1 Å². The number of carbonyl (C=O) groups is 2. The van der Waals surface area contributed by atoms with E-state index >= 15 is 0 Å². The topological polar surface area (TPSA) is 58.6 Å². The molecule has 30 heavy (non-hydrogen) atoms. The Morgan fingerprint density at radius 1 is 0.867 bits per heavy atom. The van der Waals surface area contributed by atoms with Gasteiger partial charge in [0.05, 0.1) is 19.7 Å². The van der Waals surface area contributed by atoms with Crippen LogP contribution >= 0.6 is 0 Å². The van der Waals surface area contributed by atoms with Crippen LogP contribution in [0.1, 0.15) is 22.0 Å². The highest BCUT2D eigenvalue weighted by molar-refractivity contribution is 5.96. The van der Waals surface area contributed by atoms with Gasteiger partial charge in [-0.25, -0.2) is 0 Å². The Morgan fingerprint density at radius 2 is 1.50 bits per heavy atom. The van der Waals surface area contributed by atoms with E-state index in [1.807, 2.05) is 72.8 Å². The van der Waals surface area contributed by atoms with Crippen LogP contribution < -0.4 is 5.32 Å². The average Bonchev–Trinajstić information content (AvgIpc) is 2.83. The number of rotatable bonds is 5. The van der Waals surface area contributed by atoms with Gasteiger partial charge < -0.3 is 15.0 Å². The molecule has 1 fully saturated rings. The van der Waals surface area contributed by atoms with Gasteiger partial charge in [-0.3, -0.25) is 9.59 Å². The van der Waals surface area contributed by atoms with Crippen molar-refractivity contribution in [3.05, 3.63) is 96.1 Å². The lowest BCUT2D eigenvalue weighted by Gasteiger charge is -2.33. The van der Waals surface area contributed by atoms with Gasteiger partial charge >= 0.3 is 0 Å². The zero-order valence-electron chi connectivity index (χ0n) is 16.7. The van der Waals surface area contributed by atoms with E-state index in [4.69, 9.17) is 4.74 Å². The van der Waals surface area contributed by atoms with Gasteiger partial charge in [-0.2, -0.15) is 0 Å². The molecule has 0 radical (unpaired) electrons. The Morgan fingerprint density at radius 3 is 2.20 bits per heavy atom. The highest BCUT2D eigenvalue weighted by Gasteiger charge is 2.25. The molecule has 0 spiro atoms. The molecular formula is C25H24N2O3. The maximum atomic E-state index is 12.6. The molecule has 0 saturated carbocycles. The molecular weight excluding hydrogens is 376 g/mol. The smallest absolute Gasteiger partial charge is 0.251 e. The number of nitrogens with one attached hydrogen (secondary N) is 1. The number of amides is 2. The Bertz CT molecular complexity index is 988. The summed E-state index contributed by atoms with van der Waals surface area (Å²) in [5.41, 5.74) is 3.73. The normalized spacial score (nSPS) is 16.1. The van der Waals surface area contributed by atoms with E-state index in [0.29, 0.717) is 25.3 Å². The average molecular weight is 400 g/mol. The second-order valence-corrected chi connectivity index (χ2v) is 7.24. The fourth-order valence-corrected chi connectivity index (χ4v) is 3.56. The third kappa shape index (κ3) is 4.75. The van der Waals surface area contributed by atoms with Crippen LogP contribution in [0.4, 0.5) is 0 Å². The quantitative estimate of drug-likeness (QED) is 0.711. The minimum absolute atomic E-state index is 0.0270. The minimum atomic E-state index is -0.254. The molecule has 1 heterocycles. The molecule has 5 heteroatoms. The number of morpholine rings is 1. The van der Waals surface area contributed by atoms with Crippen LogP contribution in [0.5, 0.6) is 0 Å². The molecule has 1 aliphatic heterocycles. The van der Waals surface area contributed by atoms with Gasteiger partial charge in [-0.15, -0.1) is 0 Å². The first-order chi connectivity index (χ1) is 14.7. The largest absolute Gasteiger partial charge is 0.370 e. The first-order valence-corrected chi connectivity index (χ1v) is 10.1. The molecule has 1 atom stereocenters. The maximum absolute atomic E-state index is 12.6. The van der Waals surface area contributed by atoms with E-state index in [1.54, 1.807) is 17.0 Å². The van der Waals surface area contributed by atoms with E-state index in [0.717, 1.165) is 16.7 Å². The van der Waals surface area contributed by atoms with Crippen molar-refractivity contribution in [1.29, 1.82) is 0 Å². The monoisotopic (exact) mass is 400 g/mol. The molecule has 0 bridgehead atoms. The van der Waals surface area contributed by atoms with E-state index in [1.165, 1.54) is 0 Å². The lowest BCUT2D eigenvalue weighted by atomic mass is 10.0. The fraction of sp³-hybridized carbons (Fsp3) is 0.200. The summed E-state index contributed by atoms with van der Waals surface area (Å²) in [5.74, 6) is -0.357.